The van der Waals surface area contributed by atoms with Gasteiger partial charge < -0.3 is 20.5 Å². The first-order chi connectivity index (χ1) is 7.19. The molecule has 1 amide bonds. The van der Waals surface area contributed by atoms with E-state index in [-0.39, 0.29) is 18.6 Å². The fourth-order valence-electron chi connectivity index (χ4n) is 1.52. The first-order valence-corrected chi connectivity index (χ1v) is 5.22. The molecule has 0 spiro atoms. The van der Waals surface area contributed by atoms with Gasteiger partial charge in [-0.25, -0.2) is 0 Å². The van der Waals surface area contributed by atoms with Crippen molar-refractivity contribution in [3.63, 3.8) is 0 Å². The van der Waals surface area contributed by atoms with Crippen molar-refractivity contribution in [2.24, 2.45) is 11.7 Å². The van der Waals surface area contributed by atoms with Gasteiger partial charge in [-0.3, -0.25) is 4.79 Å². The number of amides is 1. The third kappa shape index (κ3) is 4.15. The number of rotatable bonds is 7. The quantitative estimate of drug-likeness (QED) is 0.602. The molecule has 1 saturated carbocycles. The van der Waals surface area contributed by atoms with Crippen LogP contribution in [0.1, 0.15) is 12.8 Å². The summed E-state index contributed by atoms with van der Waals surface area (Å²) in [6.07, 6.45) is 2.32. The maximum absolute atomic E-state index is 11.6. The Balaban J connectivity index is 2.32. The van der Waals surface area contributed by atoms with Crippen LogP contribution in [0.5, 0.6) is 0 Å². The number of nitrogens with two attached hydrogens (primary N) is 1. The van der Waals surface area contributed by atoms with Gasteiger partial charge in [0.2, 0.25) is 5.91 Å². The van der Waals surface area contributed by atoms with Gasteiger partial charge in [-0.1, -0.05) is 0 Å². The van der Waals surface area contributed by atoms with Gasteiger partial charge in [0.1, 0.15) is 6.04 Å². The molecule has 2 atom stereocenters. The first kappa shape index (κ1) is 12.4. The highest BCUT2D eigenvalue weighted by molar-refractivity contribution is 5.81. The Morgan fingerprint density at radius 2 is 2.00 bits per heavy atom. The summed E-state index contributed by atoms with van der Waals surface area (Å²) in [5.74, 6) is 0.398. The maximum Gasteiger partial charge on any atom is 0.239 e. The Hall–Kier alpha value is -0.650. The van der Waals surface area contributed by atoms with Gasteiger partial charge >= 0.3 is 0 Å². The molecule has 0 heterocycles. The SMILES string of the molecule is COCC(N)C(=O)NC(COC)C1CC1. The maximum atomic E-state index is 11.6. The zero-order valence-electron chi connectivity index (χ0n) is 9.36. The molecule has 0 radical (unpaired) electrons. The average molecular weight is 216 g/mol. The van der Waals surface area contributed by atoms with E-state index in [1.165, 1.54) is 7.11 Å². The minimum atomic E-state index is -0.590. The van der Waals surface area contributed by atoms with Gasteiger partial charge in [0.15, 0.2) is 0 Å². The molecule has 88 valence electrons. The van der Waals surface area contributed by atoms with Crippen LogP contribution in [0.4, 0.5) is 0 Å². The third-order valence-electron chi connectivity index (χ3n) is 2.55. The van der Waals surface area contributed by atoms with Crippen molar-refractivity contribution in [2.45, 2.75) is 24.9 Å². The summed E-state index contributed by atoms with van der Waals surface area (Å²) < 4.78 is 9.88. The predicted octanol–water partition coefficient (Wildman–Crippen LogP) is -0.499. The molecule has 1 aliphatic rings. The number of nitrogens with one attached hydrogen (secondary N) is 1. The summed E-state index contributed by atoms with van der Waals surface area (Å²) in [6.45, 7) is 0.798. The molecule has 5 heteroatoms. The molecule has 15 heavy (non-hydrogen) atoms. The highest BCUT2D eigenvalue weighted by atomic mass is 16.5. The van der Waals surface area contributed by atoms with Crippen LogP contribution in [0, 0.1) is 5.92 Å². The fourth-order valence-corrected chi connectivity index (χ4v) is 1.52. The smallest absolute Gasteiger partial charge is 0.239 e. The summed E-state index contributed by atoms with van der Waals surface area (Å²) in [5, 5.41) is 2.90. The highest BCUT2D eigenvalue weighted by Gasteiger charge is 2.33. The molecular weight excluding hydrogens is 196 g/mol. The van der Waals surface area contributed by atoms with Crippen molar-refractivity contribution in [1.29, 1.82) is 0 Å². The number of ether oxygens (including phenoxy) is 2. The van der Waals surface area contributed by atoms with Crippen LogP contribution in [0.3, 0.4) is 0 Å². The Bertz CT molecular complexity index is 207. The van der Waals surface area contributed by atoms with Crippen molar-refractivity contribution in [3.05, 3.63) is 0 Å². The van der Waals surface area contributed by atoms with Crippen molar-refractivity contribution in [3.8, 4) is 0 Å². The lowest BCUT2D eigenvalue weighted by Gasteiger charge is -2.19. The van der Waals surface area contributed by atoms with Crippen LogP contribution in [0.15, 0.2) is 0 Å². The Labute approximate surface area is 90.3 Å². The summed E-state index contributed by atoms with van der Waals surface area (Å²) >= 11 is 0. The summed E-state index contributed by atoms with van der Waals surface area (Å²) in [7, 11) is 3.16. The number of carbonyl (C=O) groups excluding carboxylic acids is 1. The van der Waals surface area contributed by atoms with Crippen molar-refractivity contribution in [1.82, 2.24) is 5.32 Å². The van der Waals surface area contributed by atoms with E-state index in [1.54, 1.807) is 7.11 Å². The van der Waals surface area contributed by atoms with Crippen LogP contribution in [0.25, 0.3) is 0 Å². The Morgan fingerprint density at radius 3 is 2.47 bits per heavy atom. The van der Waals surface area contributed by atoms with E-state index >= 15 is 0 Å². The second-order valence-corrected chi connectivity index (χ2v) is 3.97. The molecule has 0 aromatic carbocycles. The minimum absolute atomic E-state index is 0.102. The predicted molar refractivity (Wildman–Crippen MR) is 56.4 cm³/mol. The molecular formula is C10H20N2O3. The monoisotopic (exact) mass is 216 g/mol. The van der Waals surface area contributed by atoms with E-state index in [0.29, 0.717) is 12.5 Å². The highest BCUT2D eigenvalue weighted by Crippen LogP contribution is 2.32. The topological polar surface area (TPSA) is 73.6 Å². The third-order valence-corrected chi connectivity index (χ3v) is 2.55. The second kappa shape index (κ2) is 6.05. The van der Waals surface area contributed by atoms with Crippen LogP contribution in [-0.4, -0.2) is 45.4 Å². The zero-order valence-corrected chi connectivity index (χ0v) is 9.36. The molecule has 1 aliphatic carbocycles. The van der Waals surface area contributed by atoms with Gasteiger partial charge in [0.25, 0.3) is 0 Å². The Morgan fingerprint density at radius 1 is 1.40 bits per heavy atom. The van der Waals surface area contributed by atoms with Crippen LogP contribution in [0.2, 0.25) is 0 Å². The van der Waals surface area contributed by atoms with E-state index in [0.717, 1.165) is 12.8 Å². The van der Waals surface area contributed by atoms with Crippen molar-refractivity contribution >= 4 is 5.91 Å². The molecule has 1 rings (SSSR count). The molecule has 0 saturated heterocycles. The van der Waals surface area contributed by atoms with Gasteiger partial charge in [-0.15, -0.1) is 0 Å². The number of hydrogen-bond acceptors (Lipinski definition) is 4. The molecule has 2 unspecified atom stereocenters. The van der Waals surface area contributed by atoms with E-state index in [9.17, 15) is 4.79 Å². The van der Waals surface area contributed by atoms with Crippen molar-refractivity contribution in [2.75, 3.05) is 27.4 Å². The number of carbonyl (C=O) groups is 1. The molecule has 3 N–H and O–H groups in total. The van der Waals surface area contributed by atoms with E-state index in [4.69, 9.17) is 15.2 Å². The normalized spacial score (nSPS) is 19.7. The van der Waals surface area contributed by atoms with Crippen LogP contribution >= 0.6 is 0 Å². The standard InChI is InChI=1S/C10H20N2O3/c1-14-5-8(11)10(13)12-9(6-15-2)7-3-4-7/h7-9H,3-6,11H2,1-2H3,(H,12,13). The molecule has 0 aromatic rings. The summed E-state index contributed by atoms with van der Waals surface area (Å²) in [5.41, 5.74) is 5.61. The number of methoxy groups -OCH3 is 2. The molecule has 0 aromatic heterocycles. The van der Waals surface area contributed by atoms with Gasteiger partial charge in [-0.05, 0) is 18.8 Å². The van der Waals surface area contributed by atoms with E-state index in [2.05, 4.69) is 5.32 Å². The van der Waals surface area contributed by atoms with Gasteiger partial charge in [0, 0.05) is 14.2 Å². The van der Waals surface area contributed by atoms with Gasteiger partial charge in [0.05, 0.1) is 19.3 Å². The van der Waals surface area contributed by atoms with E-state index < -0.39 is 6.04 Å². The van der Waals surface area contributed by atoms with Crippen LogP contribution < -0.4 is 11.1 Å². The van der Waals surface area contributed by atoms with Gasteiger partial charge in [-0.2, -0.15) is 0 Å². The molecule has 5 nitrogen and oxygen atoms in total. The first-order valence-electron chi connectivity index (χ1n) is 5.22. The Kier molecular flexibility index (Phi) is 5.01. The van der Waals surface area contributed by atoms with E-state index in [1.807, 2.05) is 0 Å². The number of hydrogen-bond donors (Lipinski definition) is 2. The lowest BCUT2D eigenvalue weighted by molar-refractivity contribution is -0.124. The molecule has 0 aliphatic heterocycles. The van der Waals surface area contributed by atoms with Crippen molar-refractivity contribution < 1.29 is 14.3 Å². The molecule has 1 fully saturated rings. The molecule has 0 bridgehead atoms. The average Bonchev–Trinajstić information content (AvgIpc) is 3.00. The lowest BCUT2D eigenvalue weighted by Crippen LogP contribution is -2.49. The second-order valence-electron chi connectivity index (χ2n) is 3.97. The lowest BCUT2D eigenvalue weighted by atomic mass is 10.2. The van der Waals surface area contributed by atoms with Crippen LogP contribution in [-0.2, 0) is 14.3 Å². The summed E-state index contributed by atoms with van der Waals surface area (Å²) in [6, 6.07) is -0.487. The fraction of sp³-hybridized carbons (Fsp3) is 0.900. The zero-order chi connectivity index (χ0) is 11.3. The minimum Gasteiger partial charge on any atom is -0.383 e. The largest absolute Gasteiger partial charge is 0.383 e. The summed E-state index contributed by atoms with van der Waals surface area (Å²) in [4.78, 5) is 11.6.